The average molecular weight is 194 g/mol. The van der Waals surface area contributed by atoms with Crippen LogP contribution in [-0.2, 0) is 6.18 Å². The summed E-state index contributed by atoms with van der Waals surface area (Å²) < 4.78 is 49.1. The molecule has 6 heteroatoms. The number of halogens is 4. The van der Waals surface area contributed by atoms with Crippen molar-refractivity contribution in [3.8, 4) is 0 Å². The van der Waals surface area contributed by atoms with Crippen LogP contribution in [0.4, 0.5) is 23.2 Å². The molecule has 72 valence electrons. The summed E-state index contributed by atoms with van der Waals surface area (Å²) in [6.45, 7) is 0. The van der Waals surface area contributed by atoms with Crippen LogP contribution in [0.5, 0.6) is 0 Å². The third-order valence-corrected chi connectivity index (χ3v) is 1.46. The Bertz CT molecular complexity index is 308. The molecular formula is C7H6F4N2. The summed E-state index contributed by atoms with van der Waals surface area (Å²) in [6, 6.07) is 2.84. The lowest BCUT2D eigenvalue weighted by molar-refractivity contribution is -0.139. The Morgan fingerprint density at radius 1 is 1.23 bits per heavy atom. The first-order valence-electron chi connectivity index (χ1n) is 3.29. The second kappa shape index (κ2) is 3.21. The molecule has 0 radical (unpaired) electrons. The minimum Gasteiger partial charge on any atom is -0.321 e. The van der Waals surface area contributed by atoms with E-state index in [-0.39, 0.29) is 5.69 Å². The summed E-state index contributed by atoms with van der Waals surface area (Å²) in [4.78, 5) is 0. The molecule has 0 aliphatic heterocycles. The van der Waals surface area contributed by atoms with Gasteiger partial charge in [0.05, 0.1) is 11.3 Å². The van der Waals surface area contributed by atoms with Crippen LogP contribution in [0.15, 0.2) is 18.2 Å². The van der Waals surface area contributed by atoms with Gasteiger partial charge in [0.25, 0.3) is 0 Å². The summed E-state index contributed by atoms with van der Waals surface area (Å²) in [7, 11) is 0. The Labute approximate surface area is 71.3 Å². The van der Waals surface area contributed by atoms with E-state index in [1.807, 2.05) is 5.43 Å². The van der Waals surface area contributed by atoms with Crippen LogP contribution in [0.1, 0.15) is 5.56 Å². The average Bonchev–Trinajstić information content (AvgIpc) is 2.02. The van der Waals surface area contributed by atoms with Gasteiger partial charge in [-0.2, -0.15) is 13.2 Å². The lowest BCUT2D eigenvalue weighted by Crippen LogP contribution is -2.13. The number of rotatable bonds is 1. The van der Waals surface area contributed by atoms with Gasteiger partial charge in [-0.05, 0) is 12.1 Å². The Hall–Kier alpha value is -1.30. The van der Waals surface area contributed by atoms with Gasteiger partial charge in [0, 0.05) is 0 Å². The molecule has 0 atom stereocenters. The maximum Gasteiger partial charge on any atom is 0.419 e. The SMILES string of the molecule is NNc1cccc(C(F)(F)F)c1F. The Morgan fingerprint density at radius 3 is 2.31 bits per heavy atom. The molecule has 0 heterocycles. The van der Waals surface area contributed by atoms with Gasteiger partial charge in [0.1, 0.15) is 0 Å². The van der Waals surface area contributed by atoms with Crippen LogP contribution in [0.2, 0.25) is 0 Å². The van der Waals surface area contributed by atoms with Gasteiger partial charge in [0.15, 0.2) is 5.82 Å². The molecule has 0 aliphatic carbocycles. The Kier molecular flexibility index (Phi) is 2.42. The van der Waals surface area contributed by atoms with Crippen molar-refractivity contribution in [2.75, 3.05) is 5.43 Å². The monoisotopic (exact) mass is 194 g/mol. The van der Waals surface area contributed by atoms with Crippen molar-refractivity contribution >= 4 is 5.69 Å². The van der Waals surface area contributed by atoms with Crippen LogP contribution < -0.4 is 11.3 Å². The molecule has 3 N–H and O–H groups in total. The molecule has 0 spiro atoms. The van der Waals surface area contributed by atoms with Gasteiger partial charge < -0.3 is 5.43 Å². The molecule has 2 nitrogen and oxygen atoms in total. The highest BCUT2D eigenvalue weighted by Crippen LogP contribution is 2.33. The van der Waals surface area contributed by atoms with E-state index in [9.17, 15) is 17.6 Å². The molecule has 0 unspecified atom stereocenters. The van der Waals surface area contributed by atoms with Crippen LogP contribution in [-0.4, -0.2) is 0 Å². The fourth-order valence-electron chi connectivity index (χ4n) is 0.862. The second-order valence-corrected chi connectivity index (χ2v) is 2.31. The Morgan fingerprint density at radius 2 is 1.85 bits per heavy atom. The molecule has 0 aromatic heterocycles. The normalized spacial score (nSPS) is 11.5. The predicted octanol–water partition coefficient (Wildman–Crippen LogP) is 2.13. The third kappa shape index (κ3) is 1.89. The first kappa shape index (κ1) is 9.79. The first-order valence-corrected chi connectivity index (χ1v) is 3.29. The third-order valence-electron chi connectivity index (χ3n) is 1.46. The summed E-state index contributed by atoms with van der Waals surface area (Å²) >= 11 is 0. The lowest BCUT2D eigenvalue weighted by Gasteiger charge is -2.10. The maximum atomic E-state index is 12.9. The molecule has 0 saturated carbocycles. The summed E-state index contributed by atoms with van der Waals surface area (Å²) in [6.07, 6.45) is -4.70. The van der Waals surface area contributed by atoms with Crippen LogP contribution in [0, 0.1) is 5.82 Å². The van der Waals surface area contributed by atoms with Crippen molar-refractivity contribution in [1.82, 2.24) is 0 Å². The molecule has 0 saturated heterocycles. The summed E-state index contributed by atoms with van der Waals surface area (Å²) in [5.41, 5.74) is 0.122. The largest absolute Gasteiger partial charge is 0.419 e. The molecule has 0 bridgehead atoms. The molecule has 1 aromatic rings. The number of nitrogens with one attached hydrogen (secondary N) is 1. The molecule has 1 aromatic carbocycles. The standard InChI is InChI=1S/C7H6F4N2/c8-6-4(7(9,10)11)2-1-3-5(6)13-12/h1-3,13H,12H2. The number of hydrogen-bond acceptors (Lipinski definition) is 2. The van der Waals surface area contributed by atoms with E-state index in [2.05, 4.69) is 0 Å². The van der Waals surface area contributed by atoms with Gasteiger partial charge in [-0.15, -0.1) is 0 Å². The van der Waals surface area contributed by atoms with Crippen molar-refractivity contribution in [2.24, 2.45) is 5.84 Å². The van der Waals surface area contributed by atoms with Gasteiger partial charge in [-0.3, -0.25) is 5.84 Å². The Balaban J connectivity index is 3.24. The van der Waals surface area contributed by atoms with Crippen LogP contribution in [0.25, 0.3) is 0 Å². The smallest absolute Gasteiger partial charge is 0.321 e. The van der Waals surface area contributed by atoms with Crippen molar-refractivity contribution < 1.29 is 17.6 Å². The van der Waals surface area contributed by atoms with Crippen molar-refractivity contribution in [2.45, 2.75) is 6.18 Å². The highest BCUT2D eigenvalue weighted by molar-refractivity contribution is 5.47. The van der Waals surface area contributed by atoms with Gasteiger partial charge in [0.2, 0.25) is 0 Å². The van der Waals surface area contributed by atoms with E-state index in [1.165, 1.54) is 0 Å². The number of hydrazine groups is 1. The highest BCUT2D eigenvalue weighted by atomic mass is 19.4. The summed E-state index contributed by atoms with van der Waals surface area (Å²) in [5, 5.41) is 0. The number of nitrogen functional groups attached to an aromatic ring is 1. The fourth-order valence-corrected chi connectivity index (χ4v) is 0.862. The molecular weight excluding hydrogens is 188 g/mol. The number of nitrogens with two attached hydrogens (primary N) is 1. The number of hydrogen-bond donors (Lipinski definition) is 2. The quantitative estimate of drug-likeness (QED) is 0.408. The second-order valence-electron chi connectivity index (χ2n) is 2.31. The van der Waals surface area contributed by atoms with E-state index in [0.717, 1.165) is 12.1 Å². The van der Waals surface area contributed by atoms with Crippen molar-refractivity contribution in [1.29, 1.82) is 0 Å². The van der Waals surface area contributed by atoms with Crippen molar-refractivity contribution in [3.05, 3.63) is 29.6 Å². The van der Waals surface area contributed by atoms with E-state index in [4.69, 9.17) is 5.84 Å². The zero-order valence-electron chi connectivity index (χ0n) is 6.32. The zero-order valence-corrected chi connectivity index (χ0v) is 6.32. The molecule has 0 fully saturated rings. The minimum absolute atomic E-state index is 0.380. The topological polar surface area (TPSA) is 38.0 Å². The van der Waals surface area contributed by atoms with E-state index < -0.39 is 17.6 Å². The van der Waals surface area contributed by atoms with Gasteiger partial charge in [-0.25, -0.2) is 4.39 Å². The van der Waals surface area contributed by atoms with E-state index in [1.54, 1.807) is 0 Å². The minimum atomic E-state index is -4.70. The first-order chi connectivity index (χ1) is 5.96. The van der Waals surface area contributed by atoms with Crippen LogP contribution in [0.3, 0.4) is 0 Å². The molecule has 0 aliphatic rings. The van der Waals surface area contributed by atoms with Crippen molar-refractivity contribution in [3.63, 3.8) is 0 Å². The van der Waals surface area contributed by atoms with Gasteiger partial charge in [-0.1, -0.05) is 6.07 Å². The van der Waals surface area contributed by atoms with Gasteiger partial charge >= 0.3 is 6.18 Å². The maximum absolute atomic E-state index is 12.9. The van der Waals surface area contributed by atoms with E-state index >= 15 is 0 Å². The highest BCUT2D eigenvalue weighted by Gasteiger charge is 2.34. The van der Waals surface area contributed by atoms with E-state index in [0.29, 0.717) is 6.07 Å². The number of benzene rings is 1. The predicted molar refractivity (Wildman–Crippen MR) is 39.2 cm³/mol. The fraction of sp³-hybridized carbons (Fsp3) is 0.143. The molecule has 0 amide bonds. The van der Waals surface area contributed by atoms with Crippen LogP contribution >= 0.6 is 0 Å². The molecule has 1 rings (SSSR count). The molecule has 13 heavy (non-hydrogen) atoms. The lowest BCUT2D eigenvalue weighted by atomic mass is 10.2. The number of alkyl halides is 3. The summed E-state index contributed by atoms with van der Waals surface area (Å²) in [5.74, 6) is 3.41. The number of anilines is 1. The zero-order chi connectivity index (χ0) is 10.1.